The van der Waals surface area contributed by atoms with Crippen LogP contribution in [0.15, 0.2) is 23.1 Å². The van der Waals surface area contributed by atoms with Crippen LogP contribution in [0, 0.1) is 17.6 Å². The fourth-order valence-electron chi connectivity index (χ4n) is 1.90. The summed E-state index contributed by atoms with van der Waals surface area (Å²) in [6.45, 7) is 2.15. The number of hydrogen-bond acceptors (Lipinski definition) is 2. The zero-order valence-corrected chi connectivity index (χ0v) is 12.8. The molecule has 0 aliphatic carbocycles. The van der Waals surface area contributed by atoms with Crippen LogP contribution in [0.1, 0.15) is 26.2 Å². The van der Waals surface area contributed by atoms with Crippen molar-refractivity contribution in [3.63, 3.8) is 0 Å². The third-order valence-corrected chi connectivity index (χ3v) is 4.62. The molecule has 7 heteroatoms. The van der Waals surface area contributed by atoms with E-state index in [0.717, 1.165) is 25.0 Å². The monoisotopic (exact) mass is 325 g/mol. The van der Waals surface area contributed by atoms with Crippen molar-refractivity contribution < 1.29 is 17.2 Å². The number of nitrogens with one attached hydrogen (secondary N) is 1. The van der Waals surface area contributed by atoms with E-state index in [-0.39, 0.29) is 12.5 Å². The third kappa shape index (κ3) is 5.00. The Hall–Kier alpha value is -0.720. The predicted octanol–water partition coefficient (Wildman–Crippen LogP) is 3.29. The zero-order chi connectivity index (χ0) is 15.2. The Balaban J connectivity index is 2.81. The molecule has 0 bridgehead atoms. The Bertz CT molecular complexity index is 531. The summed E-state index contributed by atoms with van der Waals surface area (Å²) in [5.41, 5.74) is 0. The van der Waals surface area contributed by atoms with Gasteiger partial charge >= 0.3 is 0 Å². The van der Waals surface area contributed by atoms with Crippen LogP contribution in [0.2, 0.25) is 0 Å². The minimum Gasteiger partial charge on any atom is -0.211 e. The van der Waals surface area contributed by atoms with Crippen LogP contribution in [0.4, 0.5) is 8.78 Å². The van der Waals surface area contributed by atoms with Crippen molar-refractivity contribution in [2.45, 2.75) is 31.1 Å². The van der Waals surface area contributed by atoms with E-state index in [1.165, 1.54) is 0 Å². The molecule has 0 aliphatic heterocycles. The molecule has 0 aliphatic rings. The quantitative estimate of drug-likeness (QED) is 0.745. The van der Waals surface area contributed by atoms with Crippen LogP contribution < -0.4 is 4.72 Å². The summed E-state index contributed by atoms with van der Waals surface area (Å²) in [7, 11) is -4.05. The fraction of sp³-hybridized carbons (Fsp3) is 0.538. The zero-order valence-electron chi connectivity index (χ0n) is 11.2. The highest BCUT2D eigenvalue weighted by molar-refractivity contribution is 7.89. The summed E-state index contributed by atoms with van der Waals surface area (Å²) in [5.74, 6) is -1.24. The van der Waals surface area contributed by atoms with Crippen molar-refractivity contribution in [3.8, 4) is 0 Å². The average Bonchev–Trinajstić information content (AvgIpc) is 2.39. The van der Waals surface area contributed by atoms with Crippen LogP contribution in [0.25, 0.3) is 0 Å². The summed E-state index contributed by atoms with van der Waals surface area (Å²) in [6, 6.07) is 2.35. The SMILES string of the molecule is CCCC(CCCl)CNS(=O)(=O)c1cc(F)ccc1F. The summed E-state index contributed by atoms with van der Waals surface area (Å²) in [4.78, 5) is -0.668. The molecule has 3 nitrogen and oxygen atoms in total. The van der Waals surface area contributed by atoms with Gasteiger partial charge in [0.2, 0.25) is 10.0 Å². The van der Waals surface area contributed by atoms with Crippen molar-refractivity contribution in [3.05, 3.63) is 29.8 Å². The van der Waals surface area contributed by atoms with Gasteiger partial charge in [-0.2, -0.15) is 0 Å². The molecule has 114 valence electrons. The topological polar surface area (TPSA) is 46.2 Å². The smallest absolute Gasteiger partial charge is 0.211 e. The fourth-order valence-corrected chi connectivity index (χ4v) is 3.41. The van der Waals surface area contributed by atoms with Gasteiger partial charge < -0.3 is 0 Å². The third-order valence-electron chi connectivity index (χ3n) is 2.96. The standard InChI is InChI=1S/C13H18ClF2NO2S/c1-2-3-10(6-7-14)9-17-20(18,19)13-8-11(15)4-5-12(13)16/h4-5,8,10,17H,2-3,6-7,9H2,1H3. The predicted molar refractivity (Wildman–Crippen MR) is 75.3 cm³/mol. The Kier molecular flexibility index (Phi) is 6.85. The molecule has 0 saturated heterocycles. The van der Waals surface area contributed by atoms with Gasteiger partial charge in [0.25, 0.3) is 0 Å². The Labute approximate surface area is 123 Å². The molecule has 0 aromatic heterocycles. The molecule has 0 heterocycles. The van der Waals surface area contributed by atoms with Crippen LogP contribution in [-0.4, -0.2) is 20.8 Å². The number of hydrogen-bond donors (Lipinski definition) is 1. The van der Waals surface area contributed by atoms with Crippen LogP contribution in [0.3, 0.4) is 0 Å². The first-order chi connectivity index (χ1) is 9.40. The van der Waals surface area contributed by atoms with Crippen LogP contribution in [0.5, 0.6) is 0 Å². The first kappa shape index (κ1) is 17.3. The van der Waals surface area contributed by atoms with Gasteiger partial charge in [-0.3, -0.25) is 0 Å². The minimum absolute atomic E-state index is 0.0869. The highest BCUT2D eigenvalue weighted by atomic mass is 35.5. The average molecular weight is 326 g/mol. The molecular weight excluding hydrogens is 308 g/mol. The maximum atomic E-state index is 13.5. The maximum absolute atomic E-state index is 13.5. The molecule has 20 heavy (non-hydrogen) atoms. The number of sulfonamides is 1. The van der Waals surface area contributed by atoms with E-state index in [1.807, 2.05) is 6.92 Å². The molecule has 1 rings (SSSR count). The van der Waals surface area contributed by atoms with Crippen LogP contribution in [-0.2, 0) is 10.0 Å². The second kappa shape index (κ2) is 7.90. The van der Waals surface area contributed by atoms with Gasteiger partial charge in [-0.15, -0.1) is 11.6 Å². The van der Waals surface area contributed by atoms with Gasteiger partial charge in [0, 0.05) is 12.4 Å². The van der Waals surface area contributed by atoms with E-state index < -0.39 is 26.6 Å². The van der Waals surface area contributed by atoms with E-state index in [4.69, 9.17) is 11.6 Å². The van der Waals surface area contributed by atoms with Gasteiger partial charge in [0.1, 0.15) is 16.5 Å². The summed E-state index contributed by atoms with van der Waals surface area (Å²) in [6.07, 6.45) is 2.39. The molecule has 0 spiro atoms. The summed E-state index contributed by atoms with van der Waals surface area (Å²) >= 11 is 5.66. The molecule has 1 N–H and O–H groups in total. The number of halogens is 3. The number of rotatable bonds is 8. The van der Waals surface area contributed by atoms with Crippen molar-refractivity contribution in [1.29, 1.82) is 0 Å². The van der Waals surface area contributed by atoms with Gasteiger partial charge in [-0.25, -0.2) is 21.9 Å². The number of benzene rings is 1. The highest BCUT2D eigenvalue weighted by Gasteiger charge is 2.21. The van der Waals surface area contributed by atoms with E-state index in [9.17, 15) is 17.2 Å². The summed E-state index contributed by atoms with van der Waals surface area (Å²) in [5, 5.41) is 0. The summed E-state index contributed by atoms with van der Waals surface area (Å²) < 4.78 is 52.8. The first-order valence-electron chi connectivity index (χ1n) is 6.41. The van der Waals surface area contributed by atoms with Gasteiger partial charge in [0.05, 0.1) is 0 Å². The van der Waals surface area contributed by atoms with E-state index in [1.54, 1.807) is 0 Å². The molecule has 0 radical (unpaired) electrons. The first-order valence-corrected chi connectivity index (χ1v) is 8.43. The lowest BCUT2D eigenvalue weighted by atomic mass is 10.0. The van der Waals surface area contributed by atoms with Gasteiger partial charge in [-0.1, -0.05) is 13.3 Å². The van der Waals surface area contributed by atoms with E-state index in [2.05, 4.69) is 4.72 Å². The van der Waals surface area contributed by atoms with Crippen molar-refractivity contribution in [2.24, 2.45) is 5.92 Å². The Morgan fingerprint density at radius 2 is 2.00 bits per heavy atom. The Morgan fingerprint density at radius 1 is 1.30 bits per heavy atom. The lowest BCUT2D eigenvalue weighted by Crippen LogP contribution is -2.30. The van der Waals surface area contributed by atoms with E-state index in [0.29, 0.717) is 18.4 Å². The van der Waals surface area contributed by atoms with Gasteiger partial charge in [-0.05, 0) is 37.0 Å². The molecule has 1 aromatic carbocycles. The second-order valence-corrected chi connectivity index (χ2v) is 6.67. The largest absolute Gasteiger partial charge is 0.243 e. The number of alkyl halides is 1. The second-order valence-electron chi connectivity index (χ2n) is 4.56. The van der Waals surface area contributed by atoms with Crippen molar-refractivity contribution in [1.82, 2.24) is 4.72 Å². The molecular formula is C13H18ClF2NO2S. The molecule has 0 fully saturated rings. The lowest BCUT2D eigenvalue weighted by molar-refractivity contribution is 0.455. The molecule has 1 unspecified atom stereocenters. The maximum Gasteiger partial charge on any atom is 0.243 e. The lowest BCUT2D eigenvalue weighted by Gasteiger charge is -2.16. The molecule has 1 aromatic rings. The minimum atomic E-state index is -4.05. The molecule has 0 amide bonds. The highest BCUT2D eigenvalue weighted by Crippen LogP contribution is 2.17. The normalized spacial score (nSPS) is 13.4. The van der Waals surface area contributed by atoms with Crippen LogP contribution >= 0.6 is 11.6 Å². The molecule has 1 atom stereocenters. The van der Waals surface area contributed by atoms with Crippen molar-refractivity contribution in [2.75, 3.05) is 12.4 Å². The van der Waals surface area contributed by atoms with Gasteiger partial charge in [0.15, 0.2) is 0 Å². The Morgan fingerprint density at radius 3 is 2.60 bits per heavy atom. The molecule has 0 saturated carbocycles. The van der Waals surface area contributed by atoms with E-state index >= 15 is 0 Å². The van der Waals surface area contributed by atoms with Crippen molar-refractivity contribution >= 4 is 21.6 Å².